The minimum Gasteiger partial charge on any atom is -0.457 e. The van der Waals surface area contributed by atoms with Gasteiger partial charge in [0.05, 0.1) is 18.8 Å². The van der Waals surface area contributed by atoms with Crippen molar-refractivity contribution in [3.63, 3.8) is 0 Å². The highest BCUT2D eigenvalue weighted by atomic mass is 16.5. The van der Waals surface area contributed by atoms with Gasteiger partial charge in [0, 0.05) is 28.4 Å². The van der Waals surface area contributed by atoms with Crippen LogP contribution in [0, 0.1) is 0 Å². The molecule has 0 saturated heterocycles. The SMILES string of the molecule is Nc1ccc(Oc2ccccc2C(=O)C(COCc2ccccc2)NC(=O)c2ccc3[nH]ccc3c2)cc1. The summed E-state index contributed by atoms with van der Waals surface area (Å²) in [6.07, 6.45) is 1.81. The molecule has 38 heavy (non-hydrogen) atoms. The zero-order valence-electron chi connectivity index (χ0n) is 20.6. The minimum atomic E-state index is -0.940. The molecule has 0 aliphatic rings. The molecule has 0 bridgehead atoms. The lowest BCUT2D eigenvalue weighted by molar-refractivity contribution is 0.0670. The molecule has 4 aromatic carbocycles. The van der Waals surface area contributed by atoms with Crippen molar-refractivity contribution in [1.82, 2.24) is 10.3 Å². The molecule has 1 heterocycles. The van der Waals surface area contributed by atoms with Crippen LogP contribution >= 0.6 is 0 Å². The Morgan fingerprint density at radius 1 is 0.868 bits per heavy atom. The van der Waals surface area contributed by atoms with Crippen LogP contribution in [-0.4, -0.2) is 29.3 Å². The van der Waals surface area contributed by atoms with Crippen molar-refractivity contribution in [3.8, 4) is 11.5 Å². The second kappa shape index (κ2) is 11.5. The van der Waals surface area contributed by atoms with Gasteiger partial charge in [0.1, 0.15) is 17.5 Å². The molecule has 0 spiro atoms. The van der Waals surface area contributed by atoms with Crippen LogP contribution in [0.25, 0.3) is 10.9 Å². The van der Waals surface area contributed by atoms with Crippen LogP contribution < -0.4 is 15.8 Å². The molecule has 1 aromatic heterocycles. The van der Waals surface area contributed by atoms with Crippen LogP contribution in [0.15, 0.2) is 109 Å². The van der Waals surface area contributed by atoms with Gasteiger partial charge in [0.25, 0.3) is 5.91 Å². The number of carbonyl (C=O) groups is 2. The first-order valence-corrected chi connectivity index (χ1v) is 12.2. The average molecular weight is 506 g/mol. The van der Waals surface area contributed by atoms with Crippen molar-refractivity contribution in [2.24, 2.45) is 0 Å². The maximum atomic E-state index is 13.8. The quantitative estimate of drug-likeness (QED) is 0.166. The zero-order valence-corrected chi connectivity index (χ0v) is 20.6. The standard InChI is InChI=1S/C31H27N3O4/c32-24-11-13-25(14-12-24)38-29-9-5-4-8-26(29)30(35)28(20-37-19-21-6-2-1-3-7-21)34-31(36)23-10-15-27-22(18-23)16-17-33-27/h1-18,28,33H,19-20,32H2,(H,34,36). The number of anilines is 1. The lowest BCUT2D eigenvalue weighted by Crippen LogP contribution is -2.44. The average Bonchev–Trinajstić information content (AvgIpc) is 3.42. The summed E-state index contributed by atoms with van der Waals surface area (Å²) in [5, 5.41) is 3.78. The van der Waals surface area contributed by atoms with Gasteiger partial charge < -0.3 is 25.5 Å². The summed E-state index contributed by atoms with van der Waals surface area (Å²) in [5.41, 5.74) is 9.06. The number of carbonyl (C=O) groups excluding carboxylic acids is 2. The summed E-state index contributed by atoms with van der Waals surface area (Å²) in [4.78, 5) is 30.1. The second-order valence-electron chi connectivity index (χ2n) is 8.84. The topological polar surface area (TPSA) is 106 Å². The first kappa shape index (κ1) is 24.8. The van der Waals surface area contributed by atoms with Crippen LogP contribution in [0.3, 0.4) is 0 Å². The molecular weight excluding hydrogens is 478 g/mol. The van der Waals surface area contributed by atoms with Crippen LogP contribution in [-0.2, 0) is 11.3 Å². The number of aromatic nitrogens is 1. The van der Waals surface area contributed by atoms with Crippen LogP contribution in [0.5, 0.6) is 11.5 Å². The summed E-state index contributed by atoms with van der Waals surface area (Å²) in [7, 11) is 0. The number of hydrogen-bond donors (Lipinski definition) is 3. The van der Waals surface area contributed by atoms with Gasteiger partial charge in [-0.25, -0.2) is 0 Å². The van der Waals surface area contributed by atoms with E-state index in [1.807, 2.05) is 48.7 Å². The lowest BCUT2D eigenvalue weighted by Gasteiger charge is -2.20. The molecule has 190 valence electrons. The fraction of sp³-hybridized carbons (Fsp3) is 0.0968. The number of amides is 1. The molecule has 1 atom stereocenters. The predicted octanol–water partition coefficient (Wildman–Crippen LogP) is 5.74. The molecule has 5 aromatic rings. The number of nitrogen functional groups attached to an aromatic ring is 1. The van der Waals surface area contributed by atoms with Crippen molar-refractivity contribution in [2.75, 3.05) is 12.3 Å². The number of para-hydroxylation sites is 1. The van der Waals surface area contributed by atoms with Crippen molar-refractivity contribution in [1.29, 1.82) is 0 Å². The normalized spacial score (nSPS) is 11.7. The van der Waals surface area contributed by atoms with Gasteiger partial charge in [-0.3, -0.25) is 9.59 Å². The summed E-state index contributed by atoms with van der Waals surface area (Å²) in [5.74, 6) is 0.227. The molecule has 1 amide bonds. The van der Waals surface area contributed by atoms with E-state index in [4.69, 9.17) is 15.2 Å². The number of aromatic amines is 1. The van der Waals surface area contributed by atoms with E-state index in [2.05, 4.69) is 10.3 Å². The van der Waals surface area contributed by atoms with Crippen molar-refractivity contribution in [2.45, 2.75) is 12.6 Å². The van der Waals surface area contributed by atoms with Crippen LogP contribution in [0.2, 0.25) is 0 Å². The zero-order chi connectivity index (χ0) is 26.3. The Morgan fingerprint density at radius 2 is 1.63 bits per heavy atom. The molecule has 7 nitrogen and oxygen atoms in total. The van der Waals surface area contributed by atoms with Crippen molar-refractivity contribution < 1.29 is 19.1 Å². The van der Waals surface area contributed by atoms with E-state index in [9.17, 15) is 9.59 Å². The van der Waals surface area contributed by atoms with E-state index in [1.165, 1.54) is 0 Å². The highest BCUT2D eigenvalue weighted by Crippen LogP contribution is 2.27. The third-order valence-electron chi connectivity index (χ3n) is 6.09. The number of hydrogen-bond acceptors (Lipinski definition) is 5. The summed E-state index contributed by atoms with van der Waals surface area (Å²) in [6, 6.07) is 29.8. The maximum Gasteiger partial charge on any atom is 0.251 e. The summed E-state index contributed by atoms with van der Waals surface area (Å²) in [6.45, 7) is 0.293. The van der Waals surface area contributed by atoms with Gasteiger partial charge in [-0.15, -0.1) is 0 Å². The third-order valence-corrected chi connectivity index (χ3v) is 6.09. The largest absolute Gasteiger partial charge is 0.457 e. The van der Waals surface area contributed by atoms with Gasteiger partial charge >= 0.3 is 0 Å². The van der Waals surface area contributed by atoms with E-state index in [-0.39, 0.29) is 18.3 Å². The number of nitrogens with one attached hydrogen (secondary N) is 2. The Balaban J connectivity index is 1.38. The highest BCUT2D eigenvalue weighted by molar-refractivity contribution is 6.06. The number of ether oxygens (including phenoxy) is 2. The number of fused-ring (bicyclic) bond motifs is 1. The fourth-order valence-electron chi connectivity index (χ4n) is 4.10. The van der Waals surface area contributed by atoms with Crippen LogP contribution in [0.4, 0.5) is 5.69 Å². The molecule has 7 heteroatoms. The van der Waals surface area contributed by atoms with Gasteiger partial charge in [-0.2, -0.15) is 0 Å². The lowest BCUT2D eigenvalue weighted by atomic mass is 10.0. The van der Waals surface area contributed by atoms with Crippen LogP contribution in [0.1, 0.15) is 26.3 Å². The van der Waals surface area contributed by atoms with E-state index >= 15 is 0 Å². The van der Waals surface area contributed by atoms with Crippen molar-refractivity contribution >= 4 is 28.3 Å². The van der Waals surface area contributed by atoms with E-state index in [1.54, 1.807) is 60.7 Å². The Bertz CT molecular complexity index is 1540. The number of rotatable bonds is 10. The fourth-order valence-corrected chi connectivity index (χ4v) is 4.10. The smallest absolute Gasteiger partial charge is 0.251 e. The van der Waals surface area contributed by atoms with E-state index < -0.39 is 6.04 Å². The Hall–Kier alpha value is -4.88. The number of benzene rings is 4. The first-order valence-electron chi connectivity index (χ1n) is 12.2. The predicted molar refractivity (Wildman–Crippen MR) is 147 cm³/mol. The Kier molecular flexibility index (Phi) is 7.47. The molecule has 0 aliphatic carbocycles. The van der Waals surface area contributed by atoms with Gasteiger partial charge in [-0.1, -0.05) is 42.5 Å². The first-order chi connectivity index (χ1) is 18.6. The van der Waals surface area contributed by atoms with Gasteiger partial charge in [0.2, 0.25) is 0 Å². The minimum absolute atomic E-state index is 0.0118. The molecule has 0 saturated carbocycles. The van der Waals surface area contributed by atoms with Gasteiger partial charge in [-0.05, 0) is 66.2 Å². The van der Waals surface area contributed by atoms with E-state index in [0.29, 0.717) is 34.9 Å². The Morgan fingerprint density at radius 3 is 2.45 bits per heavy atom. The molecule has 4 N–H and O–H groups in total. The number of Topliss-reactive ketones (excluding diaryl/α,β-unsaturated/α-hetero) is 1. The second-order valence-corrected chi connectivity index (χ2v) is 8.84. The molecule has 1 unspecified atom stereocenters. The molecular formula is C31H27N3O4. The number of nitrogens with two attached hydrogens (primary N) is 1. The Labute approximate surface area is 220 Å². The summed E-state index contributed by atoms with van der Waals surface area (Å²) < 4.78 is 11.9. The summed E-state index contributed by atoms with van der Waals surface area (Å²) >= 11 is 0. The maximum absolute atomic E-state index is 13.8. The monoisotopic (exact) mass is 505 g/mol. The van der Waals surface area contributed by atoms with Crippen molar-refractivity contribution in [3.05, 3.63) is 126 Å². The molecule has 5 rings (SSSR count). The highest BCUT2D eigenvalue weighted by Gasteiger charge is 2.26. The number of H-pyrrole nitrogens is 1. The molecule has 0 radical (unpaired) electrons. The third kappa shape index (κ3) is 5.91. The van der Waals surface area contributed by atoms with Gasteiger partial charge in [0.15, 0.2) is 5.78 Å². The molecule has 0 aliphatic heterocycles. The molecule has 0 fully saturated rings. The number of ketones is 1. The van der Waals surface area contributed by atoms with E-state index in [0.717, 1.165) is 16.5 Å².